The average molecular weight is 308 g/mol. The molecule has 0 radical (unpaired) electrons. The Morgan fingerprint density at radius 1 is 1.43 bits per heavy atom. The van der Waals surface area contributed by atoms with Crippen LogP contribution in [0.2, 0.25) is 0 Å². The standard InChI is InChI=1S/C14H20N4O2S/c1-15-11-5-4-8-18(9-11)10-14-16-12-6-2-3-7-13(12)21(19,20)17-14/h2-3,6-7,11,15H,4-5,8-10H2,1H3,(H,16,17). The Bertz CT molecular complexity index is 657. The van der Waals surface area contributed by atoms with Crippen LogP contribution in [0.5, 0.6) is 0 Å². The first-order valence-corrected chi connectivity index (χ1v) is 8.62. The molecule has 2 N–H and O–H groups in total. The SMILES string of the molecule is CNC1CCCN(CC2=NS(=O)(=O)c3ccccc3N2)C1. The van der Waals surface area contributed by atoms with Crippen LogP contribution in [0.15, 0.2) is 33.6 Å². The van der Waals surface area contributed by atoms with Gasteiger partial charge in [-0.3, -0.25) is 4.90 Å². The van der Waals surface area contributed by atoms with Crippen molar-refractivity contribution in [1.29, 1.82) is 0 Å². The largest absolute Gasteiger partial charge is 0.341 e. The second kappa shape index (κ2) is 5.75. The van der Waals surface area contributed by atoms with E-state index in [-0.39, 0.29) is 4.90 Å². The lowest BCUT2D eigenvalue weighted by Gasteiger charge is -2.33. The minimum atomic E-state index is -3.58. The molecule has 1 fully saturated rings. The van der Waals surface area contributed by atoms with Gasteiger partial charge in [-0.25, -0.2) is 0 Å². The molecule has 6 nitrogen and oxygen atoms in total. The second-order valence-corrected chi connectivity index (χ2v) is 7.07. The molecule has 0 bridgehead atoms. The van der Waals surface area contributed by atoms with E-state index in [1.54, 1.807) is 18.2 Å². The van der Waals surface area contributed by atoms with Crippen molar-refractivity contribution in [3.8, 4) is 0 Å². The summed E-state index contributed by atoms with van der Waals surface area (Å²) in [5.74, 6) is 0.505. The van der Waals surface area contributed by atoms with Crippen molar-refractivity contribution >= 4 is 21.5 Å². The first-order valence-electron chi connectivity index (χ1n) is 7.18. The Morgan fingerprint density at radius 2 is 2.24 bits per heavy atom. The summed E-state index contributed by atoms with van der Waals surface area (Å²) in [5.41, 5.74) is 0.615. The molecule has 1 atom stereocenters. The molecule has 21 heavy (non-hydrogen) atoms. The van der Waals surface area contributed by atoms with Gasteiger partial charge in [0.05, 0.1) is 12.2 Å². The van der Waals surface area contributed by atoms with Crippen molar-refractivity contribution in [1.82, 2.24) is 10.2 Å². The highest BCUT2D eigenvalue weighted by Crippen LogP contribution is 2.26. The molecule has 114 valence electrons. The number of amidine groups is 1. The van der Waals surface area contributed by atoms with Gasteiger partial charge in [-0.05, 0) is 38.6 Å². The lowest BCUT2D eigenvalue weighted by Crippen LogP contribution is -2.47. The molecule has 2 heterocycles. The third-order valence-electron chi connectivity index (χ3n) is 3.96. The molecule has 1 aromatic carbocycles. The van der Waals surface area contributed by atoms with Crippen molar-refractivity contribution in [2.45, 2.75) is 23.8 Å². The van der Waals surface area contributed by atoms with Gasteiger partial charge in [-0.15, -0.1) is 4.40 Å². The van der Waals surface area contributed by atoms with E-state index in [0.717, 1.165) is 25.9 Å². The van der Waals surface area contributed by atoms with E-state index < -0.39 is 10.0 Å². The lowest BCUT2D eigenvalue weighted by molar-refractivity contribution is 0.219. The first kappa shape index (κ1) is 14.5. The maximum atomic E-state index is 12.2. The third-order valence-corrected chi connectivity index (χ3v) is 5.33. The maximum Gasteiger partial charge on any atom is 0.286 e. The van der Waals surface area contributed by atoms with E-state index in [2.05, 4.69) is 19.9 Å². The van der Waals surface area contributed by atoms with Gasteiger partial charge >= 0.3 is 0 Å². The van der Waals surface area contributed by atoms with Crippen molar-refractivity contribution in [3.63, 3.8) is 0 Å². The smallest absolute Gasteiger partial charge is 0.286 e. The summed E-state index contributed by atoms with van der Waals surface area (Å²) >= 11 is 0. The van der Waals surface area contributed by atoms with E-state index in [1.807, 2.05) is 13.1 Å². The van der Waals surface area contributed by atoms with Crippen LogP contribution in [0.25, 0.3) is 0 Å². The van der Waals surface area contributed by atoms with Gasteiger partial charge in [0.1, 0.15) is 10.7 Å². The highest BCUT2D eigenvalue weighted by atomic mass is 32.2. The van der Waals surface area contributed by atoms with E-state index >= 15 is 0 Å². The molecule has 3 rings (SSSR count). The number of rotatable bonds is 3. The van der Waals surface area contributed by atoms with Crippen molar-refractivity contribution in [2.24, 2.45) is 4.40 Å². The van der Waals surface area contributed by atoms with Gasteiger partial charge in [0.25, 0.3) is 10.0 Å². The second-order valence-electron chi connectivity index (χ2n) is 5.50. The van der Waals surface area contributed by atoms with Crippen LogP contribution < -0.4 is 10.6 Å². The Balaban J connectivity index is 1.77. The monoisotopic (exact) mass is 308 g/mol. The summed E-state index contributed by atoms with van der Waals surface area (Å²) < 4.78 is 28.3. The molecule has 0 aliphatic carbocycles. The Morgan fingerprint density at radius 3 is 3.05 bits per heavy atom. The first-order chi connectivity index (χ1) is 10.1. The summed E-state index contributed by atoms with van der Waals surface area (Å²) in [6.07, 6.45) is 2.27. The number of hydrogen-bond donors (Lipinski definition) is 2. The zero-order chi connectivity index (χ0) is 14.9. The number of sulfonamides is 1. The molecular formula is C14H20N4O2S. The molecule has 7 heteroatoms. The zero-order valence-corrected chi connectivity index (χ0v) is 12.9. The van der Waals surface area contributed by atoms with Crippen LogP contribution in [0.4, 0.5) is 5.69 Å². The molecular weight excluding hydrogens is 288 g/mol. The predicted octanol–water partition coefficient (Wildman–Crippen LogP) is 0.883. The predicted molar refractivity (Wildman–Crippen MR) is 83.2 cm³/mol. The zero-order valence-electron chi connectivity index (χ0n) is 12.0. The van der Waals surface area contributed by atoms with Crippen LogP contribution in [0, 0.1) is 0 Å². The molecule has 1 unspecified atom stereocenters. The van der Waals surface area contributed by atoms with Crippen LogP contribution >= 0.6 is 0 Å². The lowest BCUT2D eigenvalue weighted by atomic mass is 10.1. The summed E-state index contributed by atoms with van der Waals surface area (Å²) in [4.78, 5) is 2.49. The normalized spacial score (nSPS) is 24.8. The van der Waals surface area contributed by atoms with Crippen molar-refractivity contribution < 1.29 is 8.42 Å². The van der Waals surface area contributed by atoms with E-state index in [4.69, 9.17) is 0 Å². The van der Waals surface area contributed by atoms with Gasteiger partial charge in [0.15, 0.2) is 0 Å². The van der Waals surface area contributed by atoms with Gasteiger partial charge in [-0.2, -0.15) is 8.42 Å². The van der Waals surface area contributed by atoms with Crippen LogP contribution in [0.3, 0.4) is 0 Å². The summed E-state index contributed by atoms with van der Waals surface area (Å²) in [5, 5.41) is 6.42. The van der Waals surface area contributed by atoms with Gasteiger partial charge in [0, 0.05) is 12.6 Å². The van der Waals surface area contributed by atoms with Crippen LogP contribution in [0.1, 0.15) is 12.8 Å². The highest BCUT2D eigenvalue weighted by molar-refractivity contribution is 7.90. The minimum Gasteiger partial charge on any atom is -0.341 e. The fourth-order valence-corrected chi connectivity index (χ4v) is 4.02. The van der Waals surface area contributed by atoms with Crippen LogP contribution in [-0.2, 0) is 10.0 Å². The molecule has 2 aliphatic rings. The van der Waals surface area contributed by atoms with E-state index in [9.17, 15) is 8.42 Å². The topological polar surface area (TPSA) is 73.8 Å². The number of nitrogens with zero attached hydrogens (tertiary/aromatic N) is 2. The van der Waals surface area contributed by atoms with Gasteiger partial charge in [0.2, 0.25) is 0 Å². The number of piperidine rings is 1. The maximum absolute atomic E-state index is 12.2. The number of para-hydroxylation sites is 1. The molecule has 0 aromatic heterocycles. The molecule has 0 saturated carbocycles. The number of benzene rings is 1. The summed E-state index contributed by atoms with van der Waals surface area (Å²) in [6, 6.07) is 7.35. The number of anilines is 1. The number of nitrogens with one attached hydrogen (secondary N) is 2. The van der Waals surface area contributed by atoms with Crippen molar-refractivity contribution in [2.75, 3.05) is 32.0 Å². The van der Waals surface area contributed by atoms with E-state index in [0.29, 0.717) is 24.1 Å². The minimum absolute atomic E-state index is 0.250. The Labute approximate surface area is 125 Å². The quantitative estimate of drug-likeness (QED) is 0.867. The highest BCUT2D eigenvalue weighted by Gasteiger charge is 2.26. The molecule has 1 aromatic rings. The number of likely N-dealkylation sites (tertiary alicyclic amines) is 1. The summed E-state index contributed by atoms with van der Waals surface area (Å²) in [7, 11) is -1.61. The molecule has 1 saturated heterocycles. The van der Waals surface area contributed by atoms with E-state index in [1.165, 1.54) is 0 Å². The van der Waals surface area contributed by atoms with Crippen LogP contribution in [-0.4, -0.2) is 51.9 Å². The average Bonchev–Trinajstić information content (AvgIpc) is 2.47. The summed E-state index contributed by atoms with van der Waals surface area (Å²) in [6.45, 7) is 2.42. The Hall–Kier alpha value is -1.44. The molecule has 0 spiro atoms. The van der Waals surface area contributed by atoms with Gasteiger partial charge < -0.3 is 10.6 Å². The fraction of sp³-hybridized carbons (Fsp3) is 0.500. The van der Waals surface area contributed by atoms with Gasteiger partial charge in [-0.1, -0.05) is 12.1 Å². The third kappa shape index (κ3) is 3.09. The Kier molecular flexibility index (Phi) is 3.97. The number of fused-ring (bicyclic) bond motifs is 1. The fourth-order valence-electron chi connectivity index (χ4n) is 2.88. The number of likely N-dealkylation sites (N-methyl/N-ethyl adjacent to an activating group) is 1. The number of hydrogen-bond acceptors (Lipinski definition) is 5. The van der Waals surface area contributed by atoms with Crippen molar-refractivity contribution in [3.05, 3.63) is 24.3 Å². The molecule has 0 amide bonds. The molecule has 2 aliphatic heterocycles.